The number of hydrogen-bond acceptors (Lipinski definition) is 23. The Hall–Kier alpha value is -12.2. The van der Waals surface area contributed by atoms with Crippen LogP contribution in [0.1, 0.15) is 162 Å². The number of hydrogen-bond donors (Lipinski definition) is 27. The van der Waals surface area contributed by atoms with Gasteiger partial charge in [0, 0.05) is 51.4 Å². The molecule has 0 aliphatic rings. The molecule has 0 aliphatic carbocycles. The molecule has 0 saturated carbocycles. The van der Waals surface area contributed by atoms with E-state index in [0.717, 1.165) is 0 Å². The highest BCUT2D eigenvalue weighted by Gasteiger charge is 2.39. The van der Waals surface area contributed by atoms with Gasteiger partial charge in [-0.05, 0) is 114 Å². The van der Waals surface area contributed by atoms with Crippen LogP contribution in [0.2, 0.25) is 0 Å². The molecule has 0 bridgehead atoms. The van der Waals surface area contributed by atoms with Crippen LogP contribution >= 0.6 is 0 Å². The van der Waals surface area contributed by atoms with Crippen LogP contribution in [-0.4, -0.2) is 249 Å². The number of nitrogens with two attached hydrogens (primary N) is 6. The largest absolute Gasteiger partial charge is 0.481 e. The van der Waals surface area contributed by atoms with Gasteiger partial charge in [-0.3, -0.25) is 92.3 Å². The predicted octanol–water partition coefficient (Wildman–Crippen LogP) is -7.26. The number of nitrogens with one attached hydrogen (secondary N) is 18. The fraction of sp³-hybridized carbons (Fsp3) is 0.622. The van der Waals surface area contributed by atoms with Crippen molar-refractivity contribution in [2.75, 3.05) is 32.8 Å². The van der Waals surface area contributed by atoms with Crippen LogP contribution in [0.3, 0.4) is 0 Å². The van der Waals surface area contributed by atoms with Gasteiger partial charge in [-0.2, -0.15) is 0 Å². The Morgan fingerprint density at radius 3 is 1.30 bits per heavy atom. The first-order chi connectivity index (χ1) is 56.1. The lowest BCUT2D eigenvalue weighted by Crippen LogP contribution is -2.62. The molecule has 0 radical (unpaired) electrons. The standard InChI is InChI=1S/C74H123N25O20/c1-8-40(6)59(99-69(115)52(32-42-16-10-9-11-17-42)98-64(110)47(20-15-29-85-74(81)82)92-70(116)54(36-100)89-57(103)35-86-61(107)53(33-43-34-83-37-87-43)95-60(106)44(76)21-24-55(77)101)71(117)94-48(22-25-56(78)102)66(112)97-50(30-38(2)3)67(113)91-45(18-12-13-27-75)63(109)96-51(31-39(4)5)68(114)93-49(23-26-58(104)105)65(111)90-46(19-14-28-84-73(79)80)62(108)88-41(7)72(118)119/h9-11,16-17,34,37-41,44-54,59,100H,8,12-15,18-33,35-36,75-76H2,1-7H3,(H2,77,101)(H2,78,102)(H,83,87)(H,86,107)(H,88,108)(H,89,103)(H,90,111)(H,91,113)(H,92,116)(H,93,114)(H,94,117)(H,95,106)(H,96,109)(H,97,112)(H,98,110)(H,99,115)(H,104,105)(H,118,119)(H4,79,80,84)(H4,81,82,85)/t40-,41-,44-,45-,46-,47-,48-,49-,50-,51-,52-,53-,54-,59-/m0/s1. The fourth-order valence-electron chi connectivity index (χ4n) is 11.7. The summed E-state index contributed by atoms with van der Waals surface area (Å²) in [5.74, 6) is -19.5. The first-order valence-corrected chi connectivity index (χ1v) is 39.3. The zero-order valence-corrected chi connectivity index (χ0v) is 68.2. The summed E-state index contributed by atoms with van der Waals surface area (Å²) in [7, 11) is 0. The second-order valence-electron chi connectivity index (χ2n) is 29.5. The molecule has 664 valence electrons. The summed E-state index contributed by atoms with van der Waals surface area (Å²) < 4.78 is 0. The lowest BCUT2D eigenvalue weighted by Gasteiger charge is -2.30. The van der Waals surface area contributed by atoms with Crippen molar-refractivity contribution in [3.63, 3.8) is 0 Å². The zero-order chi connectivity index (χ0) is 89.6. The Bertz CT molecular complexity index is 3720. The number of H-pyrrole nitrogens is 1. The summed E-state index contributed by atoms with van der Waals surface area (Å²) in [5.41, 5.74) is 34.2. The molecule has 1 aromatic carbocycles. The van der Waals surface area contributed by atoms with E-state index in [2.05, 4.69) is 89.7 Å². The number of carbonyl (C=O) groups is 17. The van der Waals surface area contributed by atoms with Crippen LogP contribution in [0, 0.1) is 28.6 Å². The number of aliphatic hydroxyl groups is 1. The van der Waals surface area contributed by atoms with Crippen LogP contribution in [0.5, 0.6) is 0 Å². The van der Waals surface area contributed by atoms with Gasteiger partial charge < -0.3 is 134 Å². The highest BCUT2D eigenvalue weighted by atomic mass is 16.4. The van der Waals surface area contributed by atoms with E-state index in [1.54, 1.807) is 71.9 Å². The van der Waals surface area contributed by atoms with Gasteiger partial charge in [0.15, 0.2) is 11.9 Å². The number of rotatable bonds is 59. The van der Waals surface area contributed by atoms with E-state index in [4.69, 9.17) is 45.2 Å². The molecule has 14 atom stereocenters. The average molecular weight is 1680 g/mol. The summed E-state index contributed by atoms with van der Waals surface area (Å²) in [4.78, 5) is 238. The minimum Gasteiger partial charge on any atom is -0.481 e. The van der Waals surface area contributed by atoms with E-state index >= 15 is 0 Å². The van der Waals surface area contributed by atoms with Crippen LogP contribution in [-0.2, 0) is 94.3 Å². The van der Waals surface area contributed by atoms with E-state index < -0.39 is 236 Å². The Morgan fingerprint density at radius 1 is 0.454 bits per heavy atom. The number of unbranched alkanes of at least 4 members (excludes halogenated alkanes) is 1. The Morgan fingerprint density at radius 2 is 0.866 bits per heavy atom. The molecule has 1 heterocycles. The van der Waals surface area contributed by atoms with Crippen molar-refractivity contribution in [2.24, 2.45) is 52.2 Å². The van der Waals surface area contributed by atoms with Gasteiger partial charge in [0.1, 0.15) is 72.5 Å². The second-order valence-corrected chi connectivity index (χ2v) is 29.5. The molecule has 0 aliphatic heterocycles. The molecule has 2 aromatic rings. The van der Waals surface area contributed by atoms with Crippen molar-refractivity contribution in [1.29, 1.82) is 10.8 Å². The van der Waals surface area contributed by atoms with Crippen molar-refractivity contribution in [3.05, 3.63) is 54.1 Å². The molecular weight excluding hydrogens is 1560 g/mol. The monoisotopic (exact) mass is 1680 g/mol. The minimum atomic E-state index is -1.79. The van der Waals surface area contributed by atoms with Crippen LogP contribution in [0.25, 0.3) is 0 Å². The predicted molar refractivity (Wildman–Crippen MR) is 430 cm³/mol. The number of aromatic amines is 1. The maximum absolute atomic E-state index is 14.9. The number of carboxylic acid groups (broad SMARTS) is 2. The molecule has 45 heteroatoms. The number of nitrogens with zero attached hydrogens (tertiary/aromatic N) is 1. The molecule has 0 saturated heterocycles. The summed E-state index contributed by atoms with van der Waals surface area (Å²) >= 11 is 0. The molecule has 33 N–H and O–H groups in total. The average Bonchev–Trinajstić information content (AvgIpc) is 1.63. The van der Waals surface area contributed by atoms with E-state index in [1.807, 2.05) is 0 Å². The van der Waals surface area contributed by atoms with Gasteiger partial charge in [0.2, 0.25) is 88.6 Å². The number of amides is 15. The van der Waals surface area contributed by atoms with E-state index in [1.165, 1.54) is 19.4 Å². The van der Waals surface area contributed by atoms with Crippen molar-refractivity contribution in [3.8, 4) is 0 Å². The number of primary amides is 2. The first-order valence-electron chi connectivity index (χ1n) is 39.3. The number of aromatic nitrogens is 2. The number of guanidine groups is 2. The lowest BCUT2D eigenvalue weighted by molar-refractivity contribution is -0.142. The number of imidazole rings is 1. The molecule has 15 amide bonds. The van der Waals surface area contributed by atoms with Crippen LogP contribution in [0.4, 0.5) is 0 Å². The Labute approximate surface area is 688 Å². The smallest absolute Gasteiger partial charge is 0.325 e. The summed E-state index contributed by atoms with van der Waals surface area (Å²) in [6.07, 6.45) is -0.139. The third kappa shape index (κ3) is 41.5. The third-order valence-corrected chi connectivity index (χ3v) is 18.4. The maximum atomic E-state index is 14.9. The summed E-state index contributed by atoms with van der Waals surface area (Å²) in [5, 5.41) is 82.3. The number of carbonyl (C=O) groups excluding carboxylic acids is 15. The number of carboxylic acids is 2. The van der Waals surface area contributed by atoms with Gasteiger partial charge in [-0.1, -0.05) is 78.3 Å². The van der Waals surface area contributed by atoms with E-state index in [0.29, 0.717) is 17.7 Å². The molecule has 0 spiro atoms. The van der Waals surface area contributed by atoms with Crippen molar-refractivity contribution < 1.29 is 96.8 Å². The van der Waals surface area contributed by atoms with Gasteiger partial charge in [-0.25, -0.2) is 4.98 Å². The van der Waals surface area contributed by atoms with Gasteiger partial charge in [0.05, 0.1) is 31.2 Å². The van der Waals surface area contributed by atoms with E-state index in [9.17, 15) is 96.8 Å². The van der Waals surface area contributed by atoms with E-state index in [-0.39, 0.29) is 115 Å². The molecule has 119 heavy (non-hydrogen) atoms. The molecular formula is C74H123N25O20. The minimum absolute atomic E-state index is 0.0207. The van der Waals surface area contributed by atoms with Crippen LogP contribution in [0.15, 0.2) is 42.9 Å². The third-order valence-electron chi connectivity index (χ3n) is 18.4. The number of aliphatic carboxylic acids is 2. The zero-order valence-electron chi connectivity index (χ0n) is 68.2. The lowest BCUT2D eigenvalue weighted by atomic mass is 9.96. The number of aliphatic hydroxyl groups excluding tert-OH is 1. The second kappa shape index (κ2) is 54.7. The first kappa shape index (κ1) is 103. The van der Waals surface area contributed by atoms with Gasteiger partial charge in [-0.15, -0.1) is 0 Å². The topological polar surface area (TPSA) is 764 Å². The normalized spacial score (nSPS) is 14.6. The summed E-state index contributed by atoms with van der Waals surface area (Å²) in [6.45, 7) is 9.52. The van der Waals surface area contributed by atoms with Crippen molar-refractivity contribution in [1.82, 2.24) is 89.7 Å². The summed E-state index contributed by atoms with van der Waals surface area (Å²) in [6, 6.07) is -11.6. The fourth-order valence-corrected chi connectivity index (χ4v) is 11.7. The maximum Gasteiger partial charge on any atom is 0.325 e. The molecule has 45 nitrogen and oxygen atoms in total. The SMILES string of the molecule is CC[C@H](C)[C@H](NC(=O)[C@H](Cc1ccccc1)NC(=O)[C@H](CCCNC(=N)N)NC(=O)[C@H](CO)NC(=O)CNC(=O)[C@H](Cc1c[nH]cn1)NC(=O)[C@@H](N)CCC(N)=O)C(=O)N[C@@H](CCC(N)=O)C(=O)N[C@@H](CC(C)C)C(=O)N[C@@H](CCCCN)C(=O)N[C@@H](CC(C)C)C(=O)N[C@@H](CCC(=O)O)C(=O)N[C@@H](CCCNC(=N)N)C(=O)N[C@@H](C)C(=O)O. The van der Waals surface area contributed by atoms with Gasteiger partial charge in [0.25, 0.3) is 0 Å². The van der Waals surface area contributed by atoms with Crippen LogP contribution < -0.4 is 114 Å². The molecule has 0 unspecified atom stereocenters. The highest BCUT2D eigenvalue weighted by molar-refractivity contribution is 6.00. The number of benzene rings is 1. The highest BCUT2D eigenvalue weighted by Crippen LogP contribution is 2.16. The molecule has 2 rings (SSSR count). The Kier molecular flexibility index (Phi) is 47.3. The quantitative estimate of drug-likeness (QED) is 0.0166. The van der Waals surface area contributed by atoms with Crippen molar-refractivity contribution in [2.45, 2.75) is 243 Å². The van der Waals surface area contributed by atoms with Gasteiger partial charge >= 0.3 is 11.9 Å². The van der Waals surface area contributed by atoms with Crippen molar-refractivity contribution >= 4 is 112 Å². The molecule has 1 aromatic heterocycles. The Balaban J connectivity index is 2.56. The molecule has 0 fully saturated rings.